The molecule has 174 valence electrons. The molecular formula is C25H22N8OS. The normalized spacial score (nSPS) is 15.4. The van der Waals surface area contributed by atoms with E-state index < -0.39 is 0 Å². The van der Waals surface area contributed by atoms with Crippen LogP contribution in [-0.2, 0) is 4.79 Å². The molecule has 1 saturated heterocycles. The first kappa shape index (κ1) is 21.2. The maximum atomic E-state index is 13.3. The van der Waals surface area contributed by atoms with E-state index in [0.717, 1.165) is 46.7 Å². The van der Waals surface area contributed by atoms with Crippen LogP contribution in [0.5, 0.6) is 0 Å². The predicted molar refractivity (Wildman–Crippen MR) is 136 cm³/mol. The molecule has 2 aromatic carbocycles. The molecule has 10 heteroatoms. The molecule has 4 heterocycles. The zero-order valence-corrected chi connectivity index (χ0v) is 19.5. The third-order valence-electron chi connectivity index (χ3n) is 6.08. The minimum absolute atomic E-state index is 0.145. The zero-order chi connectivity index (χ0) is 23.6. The number of carbonyl (C=O) groups excluding carboxylic acids is 1. The lowest BCUT2D eigenvalue weighted by Gasteiger charge is -2.25. The number of carbonyl (C=O) groups is 1. The number of hydrogen-bond acceptors (Lipinski definition) is 8. The van der Waals surface area contributed by atoms with Crippen molar-refractivity contribution < 1.29 is 4.79 Å². The van der Waals surface area contributed by atoms with Gasteiger partial charge in [-0.25, -0.2) is 9.97 Å². The fourth-order valence-corrected chi connectivity index (χ4v) is 5.19. The SMILES string of the molecule is O=C(NNc1nnc(-c2ccccc2)n1-c1ccccc1)C1CCCN1c1ncnc2sccc12. The van der Waals surface area contributed by atoms with Crippen LogP contribution >= 0.6 is 11.3 Å². The summed E-state index contributed by atoms with van der Waals surface area (Å²) in [4.78, 5) is 25.1. The molecule has 0 bridgehead atoms. The molecule has 35 heavy (non-hydrogen) atoms. The quantitative estimate of drug-likeness (QED) is 0.352. The number of amides is 1. The molecule has 1 amide bonds. The Labute approximate surface area is 205 Å². The number of anilines is 2. The number of hydrogen-bond donors (Lipinski definition) is 2. The van der Waals surface area contributed by atoms with Crippen LogP contribution in [0.2, 0.25) is 0 Å². The van der Waals surface area contributed by atoms with E-state index in [1.54, 1.807) is 17.7 Å². The van der Waals surface area contributed by atoms with Crippen LogP contribution in [0.3, 0.4) is 0 Å². The van der Waals surface area contributed by atoms with Crippen LogP contribution in [0.1, 0.15) is 12.8 Å². The Morgan fingerprint density at radius 1 is 0.971 bits per heavy atom. The van der Waals surface area contributed by atoms with Gasteiger partial charge in [0.05, 0.1) is 11.1 Å². The first-order chi connectivity index (χ1) is 17.3. The average Bonchev–Trinajstić information content (AvgIpc) is 3.67. The van der Waals surface area contributed by atoms with Crippen molar-refractivity contribution in [3.63, 3.8) is 0 Å². The number of thiophene rings is 1. The number of fused-ring (bicyclic) bond motifs is 1. The van der Waals surface area contributed by atoms with Gasteiger partial charge in [0, 0.05) is 12.1 Å². The molecule has 0 aliphatic carbocycles. The summed E-state index contributed by atoms with van der Waals surface area (Å²) in [5.74, 6) is 1.76. The minimum atomic E-state index is -0.345. The second kappa shape index (κ2) is 9.15. The Morgan fingerprint density at radius 2 is 1.77 bits per heavy atom. The Morgan fingerprint density at radius 3 is 2.60 bits per heavy atom. The van der Waals surface area contributed by atoms with Gasteiger partial charge in [0.25, 0.3) is 5.91 Å². The third-order valence-corrected chi connectivity index (χ3v) is 6.90. The topological polar surface area (TPSA) is 101 Å². The third kappa shape index (κ3) is 3.97. The van der Waals surface area contributed by atoms with Gasteiger partial charge in [-0.05, 0) is 36.4 Å². The molecule has 9 nitrogen and oxygen atoms in total. The lowest BCUT2D eigenvalue weighted by atomic mass is 10.2. The van der Waals surface area contributed by atoms with Gasteiger partial charge in [-0.1, -0.05) is 48.5 Å². The van der Waals surface area contributed by atoms with E-state index in [9.17, 15) is 4.79 Å². The molecule has 5 aromatic rings. The average molecular weight is 483 g/mol. The van der Waals surface area contributed by atoms with Gasteiger partial charge in [-0.15, -0.1) is 21.5 Å². The highest BCUT2D eigenvalue weighted by Gasteiger charge is 2.33. The molecule has 1 aliphatic heterocycles. The second-order valence-electron chi connectivity index (χ2n) is 8.19. The highest BCUT2D eigenvalue weighted by atomic mass is 32.1. The van der Waals surface area contributed by atoms with Crippen molar-refractivity contribution in [3.8, 4) is 17.1 Å². The summed E-state index contributed by atoms with van der Waals surface area (Å²) in [5.41, 5.74) is 7.69. The maximum Gasteiger partial charge on any atom is 0.261 e. The lowest BCUT2D eigenvalue weighted by Crippen LogP contribution is -2.46. The molecule has 1 aliphatic rings. The molecule has 1 unspecified atom stereocenters. The summed E-state index contributed by atoms with van der Waals surface area (Å²) in [5, 5.41) is 11.7. The molecule has 0 saturated carbocycles. The predicted octanol–water partition coefficient (Wildman–Crippen LogP) is 4.05. The van der Waals surface area contributed by atoms with Crippen LogP contribution in [0.4, 0.5) is 11.8 Å². The Bertz CT molecular complexity index is 1470. The van der Waals surface area contributed by atoms with Gasteiger partial charge in [0.2, 0.25) is 5.95 Å². The van der Waals surface area contributed by atoms with E-state index in [-0.39, 0.29) is 11.9 Å². The van der Waals surface area contributed by atoms with E-state index >= 15 is 0 Å². The summed E-state index contributed by atoms with van der Waals surface area (Å²) >= 11 is 1.57. The van der Waals surface area contributed by atoms with Crippen molar-refractivity contribution in [2.45, 2.75) is 18.9 Å². The summed E-state index contributed by atoms with van der Waals surface area (Å²) in [6, 6.07) is 21.3. The summed E-state index contributed by atoms with van der Waals surface area (Å²) in [7, 11) is 0. The Kier molecular flexibility index (Phi) is 5.55. The van der Waals surface area contributed by atoms with Crippen molar-refractivity contribution in [1.82, 2.24) is 30.2 Å². The van der Waals surface area contributed by atoms with E-state index in [1.807, 2.05) is 76.7 Å². The fourth-order valence-electron chi connectivity index (χ4n) is 4.46. The Balaban J connectivity index is 1.26. The molecule has 1 atom stereocenters. The van der Waals surface area contributed by atoms with E-state index in [0.29, 0.717) is 11.8 Å². The second-order valence-corrected chi connectivity index (χ2v) is 9.08. The number of benzene rings is 2. The standard InChI is InChI=1S/C25H22N8OS/c34-23(20-12-7-14-32(20)22-19-13-15-35-24(19)27-16-26-22)29-31-25-30-28-21(17-8-3-1-4-9-17)33(25)18-10-5-2-6-11-18/h1-6,8-11,13,15-16,20H,7,12,14H2,(H,29,34)(H,30,31). The van der Waals surface area contributed by atoms with Crippen LogP contribution in [-0.4, -0.2) is 43.2 Å². The molecule has 2 N–H and O–H groups in total. The van der Waals surface area contributed by atoms with Crippen molar-refractivity contribution in [2.24, 2.45) is 0 Å². The van der Waals surface area contributed by atoms with Crippen molar-refractivity contribution in [1.29, 1.82) is 0 Å². The number of nitrogens with one attached hydrogen (secondary N) is 2. The minimum Gasteiger partial charge on any atom is -0.344 e. The highest BCUT2D eigenvalue weighted by Crippen LogP contribution is 2.32. The molecule has 1 fully saturated rings. The van der Waals surface area contributed by atoms with Gasteiger partial charge in [0.1, 0.15) is 23.0 Å². The molecule has 3 aromatic heterocycles. The van der Waals surface area contributed by atoms with Crippen molar-refractivity contribution >= 4 is 39.2 Å². The molecule has 0 spiro atoms. The molecule has 6 rings (SSSR count). The lowest BCUT2D eigenvalue weighted by molar-refractivity contribution is -0.121. The summed E-state index contributed by atoms with van der Waals surface area (Å²) < 4.78 is 1.89. The van der Waals surface area contributed by atoms with Gasteiger partial charge < -0.3 is 4.90 Å². The van der Waals surface area contributed by atoms with Gasteiger partial charge >= 0.3 is 0 Å². The van der Waals surface area contributed by atoms with E-state index in [1.165, 1.54) is 0 Å². The number of aromatic nitrogens is 5. The van der Waals surface area contributed by atoms with Crippen molar-refractivity contribution in [3.05, 3.63) is 78.4 Å². The Hall–Kier alpha value is -4.31. The number of nitrogens with zero attached hydrogens (tertiary/aromatic N) is 6. The zero-order valence-electron chi connectivity index (χ0n) is 18.7. The van der Waals surface area contributed by atoms with Crippen molar-refractivity contribution in [2.75, 3.05) is 16.9 Å². The number of para-hydroxylation sites is 1. The molecule has 0 radical (unpaired) electrons. The van der Waals surface area contributed by atoms with Crippen LogP contribution in [0.15, 0.2) is 78.4 Å². The van der Waals surface area contributed by atoms with E-state index in [2.05, 4.69) is 35.9 Å². The fraction of sp³-hybridized carbons (Fsp3) is 0.160. The van der Waals surface area contributed by atoms with Crippen LogP contribution in [0, 0.1) is 0 Å². The first-order valence-electron chi connectivity index (χ1n) is 11.4. The number of rotatable bonds is 6. The van der Waals surface area contributed by atoms with Crippen LogP contribution in [0.25, 0.3) is 27.3 Å². The van der Waals surface area contributed by atoms with E-state index in [4.69, 9.17) is 0 Å². The number of hydrazine groups is 1. The first-order valence-corrected chi connectivity index (χ1v) is 12.2. The highest BCUT2D eigenvalue weighted by molar-refractivity contribution is 7.16. The largest absolute Gasteiger partial charge is 0.344 e. The summed E-state index contributed by atoms with van der Waals surface area (Å²) in [6.45, 7) is 0.762. The summed E-state index contributed by atoms with van der Waals surface area (Å²) in [6.07, 6.45) is 3.21. The van der Waals surface area contributed by atoms with Crippen LogP contribution < -0.4 is 15.8 Å². The van der Waals surface area contributed by atoms with Gasteiger partial charge in [0.15, 0.2) is 5.82 Å². The monoisotopic (exact) mass is 482 g/mol. The molecular weight excluding hydrogens is 460 g/mol. The smallest absolute Gasteiger partial charge is 0.261 e. The van der Waals surface area contributed by atoms with Gasteiger partial charge in [-0.3, -0.25) is 20.2 Å². The maximum absolute atomic E-state index is 13.3. The van der Waals surface area contributed by atoms with Gasteiger partial charge in [-0.2, -0.15) is 0 Å².